The van der Waals surface area contributed by atoms with Gasteiger partial charge in [-0.05, 0) is 26.3 Å². The number of hydrogen-bond acceptors (Lipinski definition) is 5. The van der Waals surface area contributed by atoms with Crippen LogP contribution in [0.25, 0.3) is 0 Å². The number of nitro groups is 1. The molecule has 164 valence electrons. The van der Waals surface area contributed by atoms with Gasteiger partial charge in [0.2, 0.25) is 0 Å². The first-order chi connectivity index (χ1) is 15.2. The Hall–Kier alpha value is -3.80. The van der Waals surface area contributed by atoms with E-state index in [0.717, 1.165) is 16.7 Å². The maximum absolute atomic E-state index is 13.1. The van der Waals surface area contributed by atoms with Gasteiger partial charge in [0.25, 0.3) is 5.69 Å². The van der Waals surface area contributed by atoms with Crippen LogP contribution in [0, 0.1) is 10.1 Å². The van der Waals surface area contributed by atoms with Crippen LogP contribution in [0.15, 0.2) is 89.9 Å². The summed E-state index contributed by atoms with van der Waals surface area (Å²) in [5.41, 5.74) is 2.55. The molecule has 0 amide bonds. The maximum Gasteiger partial charge on any atom is 0.331 e. The van der Waals surface area contributed by atoms with Crippen LogP contribution in [0.3, 0.4) is 0 Å². The van der Waals surface area contributed by atoms with E-state index in [1.54, 1.807) is 12.1 Å². The van der Waals surface area contributed by atoms with Gasteiger partial charge in [-0.2, -0.15) is 0 Å². The molecule has 0 unspecified atom stereocenters. The summed E-state index contributed by atoms with van der Waals surface area (Å²) < 4.78 is 5.65. The summed E-state index contributed by atoms with van der Waals surface area (Å²) in [5, 5.41) is 11.0. The van der Waals surface area contributed by atoms with Crippen LogP contribution in [0.2, 0.25) is 0 Å². The van der Waals surface area contributed by atoms with Gasteiger partial charge in [-0.1, -0.05) is 72.8 Å². The van der Waals surface area contributed by atoms with Gasteiger partial charge in [0, 0.05) is 29.7 Å². The number of benzene rings is 3. The highest BCUT2D eigenvalue weighted by molar-refractivity contribution is 6.13. The minimum absolute atomic E-state index is 0.000305. The van der Waals surface area contributed by atoms with Crippen LogP contribution >= 0.6 is 0 Å². The van der Waals surface area contributed by atoms with E-state index >= 15 is 0 Å². The van der Waals surface area contributed by atoms with Crippen molar-refractivity contribution in [3.63, 3.8) is 0 Å². The van der Waals surface area contributed by atoms with Crippen molar-refractivity contribution in [1.82, 2.24) is 0 Å². The fourth-order valence-electron chi connectivity index (χ4n) is 3.19. The lowest BCUT2D eigenvalue weighted by molar-refractivity contribution is -0.384. The van der Waals surface area contributed by atoms with E-state index in [4.69, 9.17) is 9.73 Å². The van der Waals surface area contributed by atoms with Crippen molar-refractivity contribution in [1.29, 1.82) is 0 Å². The second-order valence-corrected chi connectivity index (χ2v) is 8.39. The van der Waals surface area contributed by atoms with E-state index in [2.05, 4.69) is 0 Å². The van der Waals surface area contributed by atoms with E-state index < -0.39 is 22.5 Å². The molecule has 6 heteroatoms. The molecule has 0 bridgehead atoms. The Morgan fingerprint density at radius 2 is 1.41 bits per heavy atom. The molecule has 0 spiro atoms. The van der Waals surface area contributed by atoms with E-state index in [1.807, 2.05) is 81.4 Å². The van der Waals surface area contributed by atoms with E-state index in [-0.39, 0.29) is 12.1 Å². The smallest absolute Gasteiger partial charge is 0.331 e. The molecule has 0 radical (unpaired) electrons. The normalized spacial score (nSPS) is 12.0. The van der Waals surface area contributed by atoms with Gasteiger partial charge in [-0.25, -0.2) is 4.79 Å². The molecule has 0 heterocycles. The average molecular weight is 431 g/mol. The molecule has 0 N–H and O–H groups in total. The Balaban J connectivity index is 2.04. The van der Waals surface area contributed by atoms with Gasteiger partial charge in [0.15, 0.2) is 6.04 Å². The van der Waals surface area contributed by atoms with Crippen LogP contribution < -0.4 is 0 Å². The number of esters is 1. The van der Waals surface area contributed by atoms with Crippen LogP contribution in [0.4, 0.5) is 5.69 Å². The molecule has 0 aromatic heterocycles. The number of non-ortho nitro benzene ring substituents is 1. The lowest BCUT2D eigenvalue weighted by Gasteiger charge is -2.23. The second-order valence-electron chi connectivity index (χ2n) is 8.39. The molecule has 3 rings (SSSR count). The van der Waals surface area contributed by atoms with Crippen molar-refractivity contribution in [3.05, 3.63) is 112 Å². The van der Waals surface area contributed by atoms with Crippen LogP contribution in [0.1, 0.15) is 37.5 Å². The van der Waals surface area contributed by atoms with Crippen LogP contribution in [-0.2, 0) is 16.0 Å². The summed E-state index contributed by atoms with van der Waals surface area (Å²) in [6.07, 6.45) is 0.260. The number of aliphatic imine (C=N–C) groups is 1. The molecule has 0 saturated carbocycles. The summed E-state index contributed by atoms with van der Waals surface area (Å²) in [6.45, 7) is 5.44. The number of rotatable bonds is 7. The highest BCUT2D eigenvalue weighted by atomic mass is 16.6. The van der Waals surface area contributed by atoms with Crippen molar-refractivity contribution in [2.75, 3.05) is 0 Å². The Labute approximate surface area is 187 Å². The minimum atomic E-state index is -0.814. The quantitative estimate of drug-likeness (QED) is 0.218. The Morgan fingerprint density at radius 3 is 1.84 bits per heavy atom. The molecule has 3 aromatic rings. The third-order valence-electron chi connectivity index (χ3n) is 4.63. The molecule has 0 fully saturated rings. The van der Waals surface area contributed by atoms with Gasteiger partial charge < -0.3 is 4.74 Å². The summed E-state index contributed by atoms with van der Waals surface area (Å²) in [4.78, 5) is 28.5. The molecular weight excluding hydrogens is 404 g/mol. The zero-order valence-electron chi connectivity index (χ0n) is 18.4. The molecular formula is C26H26N2O4. The summed E-state index contributed by atoms with van der Waals surface area (Å²) >= 11 is 0. The number of hydrogen-bond donors (Lipinski definition) is 0. The van der Waals surface area contributed by atoms with Crippen molar-refractivity contribution in [2.45, 2.75) is 38.8 Å². The average Bonchev–Trinajstić information content (AvgIpc) is 2.77. The molecule has 0 saturated heterocycles. The van der Waals surface area contributed by atoms with Crippen LogP contribution in [0.5, 0.6) is 0 Å². The highest BCUT2D eigenvalue weighted by Gasteiger charge is 2.26. The van der Waals surface area contributed by atoms with Gasteiger partial charge in [0.05, 0.1) is 10.6 Å². The third-order valence-corrected chi connectivity index (χ3v) is 4.63. The SMILES string of the molecule is CC(C)(C)OC(=O)[C@H](Cc1ccc([N+](=O)[O-])cc1)N=C(c1ccccc1)c1ccccc1. The molecule has 0 aliphatic heterocycles. The fourth-order valence-corrected chi connectivity index (χ4v) is 3.19. The second kappa shape index (κ2) is 10.0. The summed E-state index contributed by atoms with van der Waals surface area (Å²) in [6, 6.07) is 24.7. The van der Waals surface area contributed by atoms with Gasteiger partial charge in [-0.15, -0.1) is 0 Å². The zero-order chi connectivity index (χ0) is 23.1. The Kier molecular flexibility index (Phi) is 7.15. The largest absolute Gasteiger partial charge is 0.458 e. The number of nitrogens with zero attached hydrogens (tertiary/aromatic N) is 2. The fraction of sp³-hybridized carbons (Fsp3) is 0.231. The first kappa shape index (κ1) is 22.9. The molecule has 0 aliphatic carbocycles. The predicted octanol–water partition coefficient (Wildman–Crippen LogP) is 5.39. The molecule has 3 aromatic carbocycles. The molecule has 0 aliphatic rings. The van der Waals surface area contributed by atoms with E-state index in [9.17, 15) is 14.9 Å². The van der Waals surface area contributed by atoms with Gasteiger partial charge in [0.1, 0.15) is 5.60 Å². The predicted molar refractivity (Wildman–Crippen MR) is 125 cm³/mol. The first-order valence-corrected chi connectivity index (χ1v) is 10.4. The Morgan fingerprint density at radius 1 is 0.906 bits per heavy atom. The molecule has 32 heavy (non-hydrogen) atoms. The molecule has 6 nitrogen and oxygen atoms in total. The van der Waals surface area contributed by atoms with Crippen molar-refractivity contribution >= 4 is 17.4 Å². The lowest BCUT2D eigenvalue weighted by Crippen LogP contribution is -2.33. The monoisotopic (exact) mass is 430 g/mol. The number of ether oxygens (including phenoxy) is 1. The summed E-state index contributed by atoms with van der Waals surface area (Å²) in [7, 11) is 0. The Bertz CT molecular complexity index is 1040. The number of nitro benzene ring substituents is 1. The number of carbonyl (C=O) groups excluding carboxylic acids is 1. The standard InChI is InChI=1S/C26H26N2O4/c1-26(2,3)32-25(29)23(18-19-14-16-22(17-15-19)28(30)31)27-24(20-10-6-4-7-11-20)21-12-8-5-9-13-21/h4-17,23H,18H2,1-3H3/t23-/m0/s1. The van der Waals surface area contributed by atoms with E-state index in [0.29, 0.717) is 5.71 Å². The van der Waals surface area contributed by atoms with Gasteiger partial charge in [-0.3, -0.25) is 15.1 Å². The minimum Gasteiger partial charge on any atom is -0.458 e. The van der Waals surface area contributed by atoms with Crippen LogP contribution in [-0.4, -0.2) is 28.2 Å². The number of carbonyl (C=O) groups is 1. The first-order valence-electron chi connectivity index (χ1n) is 10.4. The van der Waals surface area contributed by atoms with E-state index in [1.165, 1.54) is 12.1 Å². The topological polar surface area (TPSA) is 81.8 Å². The maximum atomic E-state index is 13.1. The third kappa shape index (κ3) is 6.35. The van der Waals surface area contributed by atoms with Crippen molar-refractivity contribution in [2.24, 2.45) is 4.99 Å². The molecule has 1 atom stereocenters. The van der Waals surface area contributed by atoms with Crippen molar-refractivity contribution in [3.8, 4) is 0 Å². The van der Waals surface area contributed by atoms with Crippen molar-refractivity contribution < 1.29 is 14.5 Å². The zero-order valence-corrected chi connectivity index (χ0v) is 18.4. The van der Waals surface area contributed by atoms with Gasteiger partial charge >= 0.3 is 5.97 Å². The highest BCUT2D eigenvalue weighted by Crippen LogP contribution is 2.19. The summed E-state index contributed by atoms with van der Waals surface area (Å²) in [5.74, 6) is -0.444. The lowest BCUT2D eigenvalue weighted by atomic mass is 10.0.